The molecule has 30 heavy (non-hydrogen) atoms. The summed E-state index contributed by atoms with van der Waals surface area (Å²) in [5, 5.41) is 9.24. The molecule has 2 aliphatic rings. The minimum atomic E-state index is -0.00116. The van der Waals surface area contributed by atoms with Crippen molar-refractivity contribution in [2.45, 2.75) is 45.6 Å². The van der Waals surface area contributed by atoms with Gasteiger partial charge in [0.05, 0.1) is 17.5 Å². The van der Waals surface area contributed by atoms with E-state index in [9.17, 15) is 4.79 Å². The molecule has 1 aromatic carbocycles. The summed E-state index contributed by atoms with van der Waals surface area (Å²) in [4.78, 5) is 15.9. The summed E-state index contributed by atoms with van der Waals surface area (Å²) in [5.41, 5.74) is 4.97. The molecule has 2 aromatic heterocycles. The van der Waals surface area contributed by atoms with Crippen molar-refractivity contribution in [2.24, 2.45) is 12.5 Å². The van der Waals surface area contributed by atoms with Crippen LogP contribution in [0.25, 0.3) is 11.3 Å². The van der Waals surface area contributed by atoms with Gasteiger partial charge in [-0.05, 0) is 30.2 Å². The molecule has 0 radical (unpaired) electrons. The molecule has 1 fully saturated rings. The van der Waals surface area contributed by atoms with Crippen molar-refractivity contribution in [3.05, 3.63) is 59.5 Å². The van der Waals surface area contributed by atoms with Crippen LogP contribution in [0.3, 0.4) is 0 Å². The van der Waals surface area contributed by atoms with Crippen molar-refractivity contribution in [2.75, 3.05) is 13.1 Å². The number of hydrogen-bond donors (Lipinski definition) is 0. The van der Waals surface area contributed by atoms with Crippen LogP contribution in [0.5, 0.6) is 0 Å². The number of likely N-dealkylation sites (tertiary alicyclic amines) is 1. The van der Waals surface area contributed by atoms with Gasteiger partial charge in [-0.15, -0.1) is 0 Å². The van der Waals surface area contributed by atoms with E-state index in [1.54, 1.807) is 0 Å². The van der Waals surface area contributed by atoms with Gasteiger partial charge in [-0.2, -0.15) is 10.2 Å². The van der Waals surface area contributed by atoms with Gasteiger partial charge in [-0.1, -0.05) is 44.2 Å². The summed E-state index contributed by atoms with van der Waals surface area (Å²) < 4.78 is 3.91. The fourth-order valence-electron chi connectivity index (χ4n) is 5.14. The van der Waals surface area contributed by atoms with E-state index in [-0.39, 0.29) is 17.2 Å². The maximum atomic E-state index is 13.9. The van der Waals surface area contributed by atoms with Crippen LogP contribution in [-0.4, -0.2) is 43.5 Å². The normalized spacial score (nSPS) is 20.4. The molecule has 4 heterocycles. The predicted octanol–water partition coefficient (Wildman–Crippen LogP) is 3.89. The molecule has 1 atom stereocenters. The van der Waals surface area contributed by atoms with E-state index in [0.29, 0.717) is 0 Å². The minimum Gasteiger partial charge on any atom is -0.337 e. The summed E-state index contributed by atoms with van der Waals surface area (Å²) in [6.45, 7) is 6.86. The van der Waals surface area contributed by atoms with E-state index in [1.165, 1.54) is 5.56 Å². The molecule has 156 valence electrons. The van der Waals surface area contributed by atoms with E-state index in [1.807, 2.05) is 41.0 Å². The Morgan fingerprint density at radius 2 is 1.97 bits per heavy atom. The van der Waals surface area contributed by atoms with E-state index in [4.69, 9.17) is 5.10 Å². The van der Waals surface area contributed by atoms with E-state index in [0.717, 1.165) is 61.4 Å². The van der Waals surface area contributed by atoms with E-state index >= 15 is 0 Å². The first-order chi connectivity index (χ1) is 14.4. The Balaban J connectivity index is 1.53. The molecule has 2 aliphatic heterocycles. The first-order valence-corrected chi connectivity index (χ1v) is 10.9. The summed E-state index contributed by atoms with van der Waals surface area (Å²) >= 11 is 0. The van der Waals surface area contributed by atoms with Gasteiger partial charge in [0.25, 0.3) is 5.91 Å². The SMILES string of the molecule is Cn1cc(C2CN(C(=O)c3c(-c4ccccc4)nn4c3CCCC4)CC2(C)C)cn1. The number of rotatable bonds is 3. The number of carbonyl (C=O) groups excluding carboxylic acids is 1. The second kappa shape index (κ2) is 7.11. The van der Waals surface area contributed by atoms with Crippen LogP contribution in [0.15, 0.2) is 42.7 Å². The topological polar surface area (TPSA) is 56.0 Å². The Labute approximate surface area is 177 Å². The molecule has 0 N–H and O–H groups in total. The van der Waals surface area contributed by atoms with Gasteiger partial charge in [0, 0.05) is 44.4 Å². The van der Waals surface area contributed by atoms with Crippen molar-refractivity contribution >= 4 is 5.91 Å². The summed E-state index contributed by atoms with van der Waals surface area (Å²) in [6.07, 6.45) is 7.18. The highest BCUT2D eigenvalue weighted by Gasteiger charge is 2.44. The fourth-order valence-corrected chi connectivity index (χ4v) is 5.14. The zero-order valence-electron chi connectivity index (χ0n) is 18.0. The molecule has 0 saturated carbocycles. The second-order valence-corrected chi connectivity index (χ2v) is 9.39. The highest BCUT2D eigenvalue weighted by atomic mass is 16.2. The highest BCUT2D eigenvalue weighted by molar-refractivity contribution is 6.01. The molecule has 0 bridgehead atoms. The van der Waals surface area contributed by atoms with Crippen molar-refractivity contribution in [1.29, 1.82) is 0 Å². The van der Waals surface area contributed by atoms with Crippen LogP contribution in [0.4, 0.5) is 0 Å². The monoisotopic (exact) mass is 403 g/mol. The van der Waals surface area contributed by atoms with Crippen molar-refractivity contribution < 1.29 is 4.79 Å². The van der Waals surface area contributed by atoms with E-state index < -0.39 is 0 Å². The zero-order chi connectivity index (χ0) is 20.9. The molecule has 5 rings (SSSR count). The van der Waals surface area contributed by atoms with E-state index in [2.05, 4.69) is 42.0 Å². The van der Waals surface area contributed by atoms with Crippen LogP contribution in [-0.2, 0) is 20.0 Å². The van der Waals surface area contributed by atoms with Gasteiger partial charge in [-0.3, -0.25) is 14.2 Å². The number of hydrogen-bond acceptors (Lipinski definition) is 3. The van der Waals surface area contributed by atoms with Crippen LogP contribution < -0.4 is 0 Å². The fraction of sp³-hybridized carbons (Fsp3) is 0.458. The van der Waals surface area contributed by atoms with Gasteiger partial charge in [0.15, 0.2) is 0 Å². The largest absolute Gasteiger partial charge is 0.337 e. The number of nitrogens with zero attached hydrogens (tertiary/aromatic N) is 5. The highest BCUT2D eigenvalue weighted by Crippen LogP contribution is 2.43. The molecule has 0 spiro atoms. The first kappa shape index (κ1) is 19.1. The van der Waals surface area contributed by atoms with Crippen LogP contribution in [0, 0.1) is 5.41 Å². The Hall–Kier alpha value is -2.89. The molecule has 1 unspecified atom stereocenters. The van der Waals surface area contributed by atoms with Gasteiger partial charge in [0.1, 0.15) is 5.69 Å². The number of benzene rings is 1. The first-order valence-electron chi connectivity index (χ1n) is 10.9. The number of aryl methyl sites for hydroxylation is 2. The van der Waals surface area contributed by atoms with Gasteiger partial charge in [0.2, 0.25) is 0 Å². The lowest BCUT2D eigenvalue weighted by molar-refractivity contribution is 0.0777. The smallest absolute Gasteiger partial charge is 0.258 e. The Bertz CT molecular complexity index is 1080. The Kier molecular flexibility index (Phi) is 4.53. The van der Waals surface area contributed by atoms with Crippen LogP contribution in [0.2, 0.25) is 0 Å². The third-order valence-corrected chi connectivity index (χ3v) is 6.71. The average Bonchev–Trinajstić information content (AvgIpc) is 3.42. The summed E-state index contributed by atoms with van der Waals surface area (Å²) in [6, 6.07) is 10.1. The predicted molar refractivity (Wildman–Crippen MR) is 116 cm³/mol. The van der Waals surface area contributed by atoms with Gasteiger partial charge in [-0.25, -0.2) is 0 Å². The molecule has 1 saturated heterocycles. The molecule has 0 aliphatic carbocycles. The molecular formula is C24H29N5O. The third kappa shape index (κ3) is 3.15. The molecular weight excluding hydrogens is 374 g/mol. The van der Waals surface area contributed by atoms with Crippen molar-refractivity contribution in [3.8, 4) is 11.3 Å². The number of fused-ring (bicyclic) bond motifs is 1. The number of carbonyl (C=O) groups is 1. The molecule has 1 amide bonds. The quantitative estimate of drug-likeness (QED) is 0.667. The minimum absolute atomic E-state index is 0.00116. The number of amides is 1. The zero-order valence-corrected chi connectivity index (χ0v) is 18.0. The molecule has 3 aromatic rings. The summed E-state index contributed by atoms with van der Waals surface area (Å²) in [7, 11) is 1.94. The Morgan fingerprint density at radius 1 is 1.17 bits per heavy atom. The summed E-state index contributed by atoms with van der Waals surface area (Å²) in [5.74, 6) is 0.401. The van der Waals surface area contributed by atoms with Crippen LogP contribution >= 0.6 is 0 Å². The Morgan fingerprint density at radius 3 is 2.70 bits per heavy atom. The maximum Gasteiger partial charge on any atom is 0.258 e. The van der Waals surface area contributed by atoms with Gasteiger partial charge < -0.3 is 4.90 Å². The molecule has 6 nitrogen and oxygen atoms in total. The molecule has 6 heteroatoms. The lowest BCUT2D eigenvalue weighted by atomic mass is 9.79. The maximum absolute atomic E-state index is 13.9. The van der Waals surface area contributed by atoms with Crippen LogP contribution in [0.1, 0.15) is 54.2 Å². The van der Waals surface area contributed by atoms with Crippen molar-refractivity contribution in [1.82, 2.24) is 24.5 Å². The third-order valence-electron chi connectivity index (χ3n) is 6.71. The lowest BCUT2D eigenvalue weighted by Crippen LogP contribution is -2.31. The average molecular weight is 404 g/mol. The van der Waals surface area contributed by atoms with Gasteiger partial charge >= 0.3 is 0 Å². The second-order valence-electron chi connectivity index (χ2n) is 9.39. The number of aromatic nitrogens is 4. The standard InChI is InChI=1S/C24H29N5O/c1-24(2)16-28(15-19(24)18-13-25-27(3)14-18)23(30)21-20-11-7-8-12-29(20)26-22(21)17-9-5-4-6-10-17/h4-6,9-10,13-14,19H,7-8,11-12,15-16H2,1-3H3. The van der Waals surface area contributed by atoms with Crippen molar-refractivity contribution in [3.63, 3.8) is 0 Å². The lowest BCUT2D eigenvalue weighted by Gasteiger charge is -2.24.